The molecule has 2 amide bonds. The normalized spacial score (nSPS) is 10.3. The lowest BCUT2D eigenvalue weighted by atomic mass is 10.1. The topological polar surface area (TPSA) is 99.8 Å². The second-order valence-corrected chi connectivity index (χ2v) is 6.43. The predicted octanol–water partition coefficient (Wildman–Crippen LogP) is 2.33. The molecule has 0 atom stereocenters. The molecule has 1 heterocycles. The van der Waals surface area contributed by atoms with Crippen molar-refractivity contribution in [2.75, 3.05) is 5.75 Å². The number of aryl methyl sites for hydroxylation is 1. The fourth-order valence-electron chi connectivity index (χ4n) is 2.11. The lowest BCUT2D eigenvalue weighted by Crippen LogP contribution is -2.42. The Bertz CT molecular complexity index is 893. The third kappa shape index (κ3) is 4.70. The van der Waals surface area contributed by atoms with Crippen LogP contribution in [0.2, 0.25) is 0 Å². The zero-order valence-electron chi connectivity index (χ0n) is 14.0. The van der Waals surface area contributed by atoms with Gasteiger partial charge < -0.3 is 0 Å². The standard InChI is InChI=1S/C18H17N5O2S/c1-12-7-9-13(10-8-12)16-19-18(23-21-16)26-11-15(24)20-22-17(25)14-5-3-2-4-6-14/h2-10H,11H2,1H3,(H,20,24)(H,22,25)(H,19,21,23). The van der Waals surface area contributed by atoms with Crippen LogP contribution in [0.4, 0.5) is 0 Å². The zero-order valence-corrected chi connectivity index (χ0v) is 14.8. The van der Waals surface area contributed by atoms with Gasteiger partial charge in [0.05, 0.1) is 5.75 Å². The number of hydrogen-bond acceptors (Lipinski definition) is 5. The van der Waals surface area contributed by atoms with Crippen molar-refractivity contribution in [3.8, 4) is 11.4 Å². The molecular weight excluding hydrogens is 350 g/mol. The Kier molecular flexibility index (Phi) is 5.65. The Balaban J connectivity index is 1.47. The van der Waals surface area contributed by atoms with Crippen LogP contribution in [0, 0.1) is 6.92 Å². The van der Waals surface area contributed by atoms with Crippen LogP contribution in [0.15, 0.2) is 59.8 Å². The first-order chi connectivity index (χ1) is 12.6. The van der Waals surface area contributed by atoms with Gasteiger partial charge in [0.25, 0.3) is 5.91 Å². The second kappa shape index (κ2) is 8.30. The molecule has 0 fully saturated rings. The van der Waals surface area contributed by atoms with Crippen molar-refractivity contribution in [2.24, 2.45) is 0 Å². The Hall–Kier alpha value is -3.13. The minimum atomic E-state index is -0.372. The number of amides is 2. The summed E-state index contributed by atoms with van der Waals surface area (Å²) < 4.78 is 0. The van der Waals surface area contributed by atoms with Crippen LogP contribution in [0.25, 0.3) is 11.4 Å². The fourth-order valence-corrected chi connectivity index (χ4v) is 2.70. The fraction of sp³-hybridized carbons (Fsp3) is 0.111. The van der Waals surface area contributed by atoms with Gasteiger partial charge in [-0.2, -0.15) is 0 Å². The number of nitrogens with one attached hydrogen (secondary N) is 3. The predicted molar refractivity (Wildman–Crippen MR) is 99.3 cm³/mol. The van der Waals surface area contributed by atoms with Crippen LogP contribution in [-0.4, -0.2) is 32.7 Å². The van der Waals surface area contributed by atoms with Gasteiger partial charge in [-0.15, -0.1) is 5.10 Å². The number of benzene rings is 2. The van der Waals surface area contributed by atoms with E-state index in [-0.39, 0.29) is 17.6 Å². The number of aromatic amines is 1. The van der Waals surface area contributed by atoms with Gasteiger partial charge in [-0.25, -0.2) is 4.98 Å². The maximum absolute atomic E-state index is 11.9. The Labute approximate surface area is 154 Å². The van der Waals surface area contributed by atoms with Crippen molar-refractivity contribution < 1.29 is 9.59 Å². The van der Waals surface area contributed by atoms with Gasteiger partial charge in [-0.1, -0.05) is 59.8 Å². The number of aromatic nitrogens is 3. The molecule has 1 aromatic heterocycles. The largest absolute Gasteiger partial charge is 0.272 e. The quantitative estimate of drug-likeness (QED) is 0.475. The number of H-pyrrole nitrogens is 1. The maximum atomic E-state index is 11.9. The van der Waals surface area contributed by atoms with Crippen molar-refractivity contribution in [1.29, 1.82) is 0 Å². The van der Waals surface area contributed by atoms with Gasteiger partial charge in [-0.05, 0) is 19.1 Å². The highest BCUT2D eigenvalue weighted by Crippen LogP contribution is 2.19. The molecule has 0 unspecified atom stereocenters. The highest BCUT2D eigenvalue weighted by molar-refractivity contribution is 7.99. The first kappa shape index (κ1) is 17.7. The van der Waals surface area contributed by atoms with Crippen LogP contribution >= 0.6 is 11.8 Å². The summed E-state index contributed by atoms with van der Waals surface area (Å²) in [5, 5.41) is 7.41. The molecule has 0 aliphatic rings. The monoisotopic (exact) mass is 367 g/mol. The highest BCUT2D eigenvalue weighted by atomic mass is 32.2. The zero-order chi connectivity index (χ0) is 18.4. The molecule has 0 saturated heterocycles. The third-order valence-electron chi connectivity index (χ3n) is 3.47. The summed E-state index contributed by atoms with van der Waals surface area (Å²) in [6.45, 7) is 2.01. The summed E-state index contributed by atoms with van der Waals surface area (Å²) in [7, 11) is 0. The minimum absolute atomic E-state index is 0.0836. The summed E-state index contributed by atoms with van der Waals surface area (Å²) in [5.41, 5.74) is 7.30. The Morgan fingerprint density at radius 3 is 2.50 bits per heavy atom. The van der Waals surface area contributed by atoms with Gasteiger partial charge in [0.1, 0.15) is 0 Å². The molecule has 26 heavy (non-hydrogen) atoms. The number of nitrogens with zero attached hydrogens (tertiary/aromatic N) is 2. The van der Waals surface area contributed by atoms with E-state index in [2.05, 4.69) is 26.0 Å². The van der Waals surface area contributed by atoms with E-state index in [9.17, 15) is 9.59 Å². The molecule has 3 aromatic rings. The van der Waals surface area contributed by atoms with Crippen LogP contribution in [0.3, 0.4) is 0 Å². The van der Waals surface area contributed by atoms with Crippen molar-refractivity contribution >= 4 is 23.6 Å². The van der Waals surface area contributed by atoms with E-state index in [0.29, 0.717) is 16.5 Å². The molecule has 0 radical (unpaired) electrons. The molecule has 0 aliphatic heterocycles. The van der Waals surface area contributed by atoms with E-state index in [0.717, 1.165) is 11.1 Å². The Morgan fingerprint density at radius 2 is 1.77 bits per heavy atom. The lowest BCUT2D eigenvalue weighted by molar-refractivity contribution is -0.119. The van der Waals surface area contributed by atoms with Gasteiger partial charge in [-0.3, -0.25) is 25.5 Å². The van der Waals surface area contributed by atoms with Crippen LogP contribution in [0.1, 0.15) is 15.9 Å². The minimum Gasteiger partial charge on any atom is -0.272 e. The average molecular weight is 367 g/mol. The number of rotatable bonds is 5. The van der Waals surface area contributed by atoms with E-state index in [1.54, 1.807) is 24.3 Å². The molecule has 0 saturated carbocycles. The summed E-state index contributed by atoms with van der Waals surface area (Å²) in [6.07, 6.45) is 0. The molecule has 2 aromatic carbocycles. The van der Waals surface area contributed by atoms with Gasteiger partial charge in [0, 0.05) is 11.1 Å². The molecular formula is C18H17N5O2S. The van der Waals surface area contributed by atoms with E-state index in [1.807, 2.05) is 37.3 Å². The molecule has 0 bridgehead atoms. The number of hydrazine groups is 1. The molecule has 3 N–H and O–H groups in total. The van der Waals surface area contributed by atoms with Crippen LogP contribution in [0.5, 0.6) is 0 Å². The second-order valence-electron chi connectivity index (χ2n) is 5.49. The van der Waals surface area contributed by atoms with Crippen LogP contribution < -0.4 is 10.9 Å². The molecule has 8 heteroatoms. The number of thioether (sulfide) groups is 1. The lowest BCUT2D eigenvalue weighted by Gasteiger charge is -2.06. The van der Waals surface area contributed by atoms with E-state index in [1.165, 1.54) is 11.8 Å². The first-order valence-corrected chi connectivity index (χ1v) is 8.87. The SMILES string of the molecule is Cc1ccc(-c2nc(SCC(=O)NNC(=O)c3ccccc3)n[nH]2)cc1. The summed E-state index contributed by atoms with van der Waals surface area (Å²) in [4.78, 5) is 28.1. The Morgan fingerprint density at radius 1 is 1.04 bits per heavy atom. The summed E-state index contributed by atoms with van der Waals surface area (Å²) >= 11 is 1.18. The number of carbonyl (C=O) groups is 2. The van der Waals surface area contributed by atoms with E-state index < -0.39 is 0 Å². The highest BCUT2D eigenvalue weighted by Gasteiger charge is 2.10. The number of hydrogen-bond donors (Lipinski definition) is 3. The smallest absolute Gasteiger partial charge is 0.269 e. The summed E-state index contributed by atoms with van der Waals surface area (Å²) in [5.74, 6) is 0.00929. The summed E-state index contributed by atoms with van der Waals surface area (Å²) in [6, 6.07) is 16.5. The van der Waals surface area contributed by atoms with Gasteiger partial charge in [0.15, 0.2) is 5.82 Å². The molecule has 0 spiro atoms. The van der Waals surface area contributed by atoms with Crippen molar-refractivity contribution in [3.05, 3.63) is 65.7 Å². The van der Waals surface area contributed by atoms with Crippen molar-refractivity contribution in [2.45, 2.75) is 12.1 Å². The van der Waals surface area contributed by atoms with Crippen LogP contribution in [-0.2, 0) is 4.79 Å². The third-order valence-corrected chi connectivity index (χ3v) is 4.32. The van der Waals surface area contributed by atoms with Gasteiger partial charge >= 0.3 is 0 Å². The number of carbonyl (C=O) groups excluding carboxylic acids is 2. The average Bonchev–Trinajstić information content (AvgIpc) is 3.14. The van der Waals surface area contributed by atoms with E-state index in [4.69, 9.17) is 0 Å². The first-order valence-electron chi connectivity index (χ1n) is 7.88. The van der Waals surface area contributed by atoms with Gasteiger partial charge in [0.2, 0.25) is 11.1 Å². The molecule has 132 valence electrons. The molecule has 3 rings (SSSR count). The maximum Gasteiger partial charge on any atom is 0.269 e. The van der Waals surface area contributed by atoms with Crippen molar-refractivity contribution in [1.82, 2.24) is 26.0 Å². The molecule has 0 aliphatic carbocycles. The van der Waals surface area contributed by atoms with Crippen molar-refractivity contribution in [3.63, 3.8) is 0 Å². The molecule has 7 nitrogen and oxygen atoms in total. The van der Waals surface area contributed by atoms with E-state index >= 15 is 0 Å².